The standard InChI is InChI=1S/C13H14F4O/c1-2-12(14,13(15,16)17)11(18)9-8-10-6-4-3-5-7-10/h2-7,11,18H,1,8-9H2/t11-,12+/m0/s1. The second kappa shape index (κ2) is 5.52. The van der Waals surface area contributed by atoms with Gasteiger partial charge in [0.2, 0.25) is 5.67 Å². The van der Waals surface area contributed by atoms with E-state index in [4.69, 9.17) is 0 Å². The minimum absolute atomic E-state index is 0.114. The average Bonchev–Trinajstić information content (AvgIpc) is 2.34. The summed E-state index contributed by atoms with van der Waals surface area (Å²) < 4.78 is 51.1. The van der Waals surface area contributed by atoms with E-state index in [1.807, 2.05) is 0 Å². The highest BCUT2D eigenvalue weighted by Gasteiger charge is 2.58. The van der Waals surface area contributed by atoms with Crippen molar-refractivity contribution in [2.24, 2.45) is 0 Å². The van der Waals surface area contributed by atoms with Crippen molar-refractivity contribution in [2.45, 2.75) is 30.8 Å². The Balaban J connectivity index is 2.70. The van der Waals surface area contributed by atoms with Gasteiger partial charge in [-0.25, -0.2) is 4.39 Å². The van der Waals surface area contributed by atoms with E-state index < -0.39 is 17.9 Å². The third-order valence-corrected chi connectivity index (χ3v) is 2.77. The lowest BCUT2D eigenvalue weighted by Crippen LogP contribution is -2.49. The minimum atomic E-state index is -5.16. The molecule has 1 rings (SSSR count). The Morgan fingerprint density at radius 1 is 1.17 bits per heavy atom. The second-order valence-corrected chi connectivity index (χ2v) is 4.01. The highest BCUT2D eigenvalue weighted by molar-refractivity contribution is 5.16. The Bertz CT molecular complexity index is 388. The Morgan fingerprint density at radius 2 is 1.72 bits per heavy atom. The molecule has 1 aromatic carbocycles. The van der Waals surface area contributed by atoms with E-state index in [-0.39, 0.29) is 18.9 Å². The van der Waals surface area contributed by atoms with Gasteiger partial charge in [0.1, 0.15) is 6.10 Å². The minimum Gasteiger partial charge on any atom is -0.389 e. The molecule has 5 heteroatoms. The summed E-state index contributed by atoms with van der Waals surface area (Å²) in [5.74, 6) is 0. The van der Waals surface area contributed by atoms with Gasteiger partial charge in [0.25, 0.3) is 0 Å². The molecule has 0 amide bonds. The summed E-state index contributed by atoms with van der Waals surface area (Å²) in [6.45, 7) is 2.82. The van der Waals surface area contributed by atoms with Crippen LogP contribution in [0.15, 0.2) is 43.0 Å². The molecule has 0 aliphatic rings. The van der Waals surface area contributed by atoms with E-state index in [9.17, 15) is 22.7 Å². The molecule has 1 N–H and O–H groups in total. The Kier molecular flexibility index (Phi) is 4.51. The van der Waals surface area contributed by atoms with Crippen LogP contribution in [-0.2, 0) is 6.42 Å². The van der Waals surface area contributed by atoms with E-state index in [2.05, 4.69) is 6.58 Å². The third kappa shape index (κ3) is 3.10. The van der Waals surface area contributed by atoms with Crippen molar-refractivity contribution >= 4 is 0 Å². The first-order chi connectivity index (χ1) is 8.31. The monoisotopic (exact) mass is 262 g/mol. The topological polar surface area (TPSA) is 20.2 Å². The zero-order valence-corrected chi connectivity index (χ0v) is 9.62. The van der Waals surface area contributed by atoms with Crippen molar-refractivity contribution < 1.29 is 22.7 Å². The molecule has 1 nitrogen and oxygen atoms in total. The average molecular weight is 262 g/mol. The van der Waals surface area contributed by atoms with Crippen molar-refractivity contribution in [1.82, 2.24) is 0 Å². The molecule has 18 heavy (non-hydrogen) atoms. The molecule has 0 unspecified atom stereocenters. The molecule has 0 heterocycles. The van der Waals surface area contributed by atoms with Gasteiger partial charge in [0.05, 0.1) is 0 Å². The van der Waals surface area contributed by atoms with Gasteiger partial charge in [-0.05, 0) is 24.5 Å². The van der Waals surface area contributed by atoms with Crippen molar-refractivity contribution in [1.29, 1.82) is 0 Å². The number of alkyl halides is 4. The molecule has 0 radical (unpaired) electrons. The van der Waals surface area contributed by atoms with Gasteiger partial charge in [0.15, 0.2) is 0 Å². The molecule has 100 valence electrons. The highest BCUT2D eigenvalue weighted by Crippen LogP contribution is 2.39. The maximum Gasteiger partial charge on any atom is 0.428 e. The maximum absolute atomic E-state index is 13.6. The number of benzene rings is 1. The molecular weight excluding hydrogens is 248 g/mol. The molecule has 0 aromatic heterocycles. The van der Waals surface area contributed by atoms with Crippen molar-refractivity contribution in [3.05, 3.63) is 48.6 Å². The quantitative estimate of drug-likeness (QED) is 0.636. The molecule has 0 saturated carbocycles. The van der Waals surface area contributed by atoms with Crippen LogP contribution in [0.3, 0.4) is 0 Å². The Morgan fingerprint density at radius 3 is 2.17 bits per heavy atom. The van der Waals surface area contributed by atoms with Gasteiger partial charge < -0.3 is 5.11 Å². The van der Waals surface area contributed by atoms with Crippen molar-refractivity contribution in [2.75, 3.05) is 0 Å². The van der Waals surface area contributed by atoms with Gasteiger partial charge in [0, 0.05) is 0 Å². The zero-order chi connectivity index (χ0) is 13.8. The first-order valence-corrected chi connectivity index (χ1v) is 5.42. The number of rotatable bonds is 5. The Hall–Kier alpha value is -1.36. The molecule has 0 bridgehead atoms. The summed E-state index contributed by atoms with van der Waals surface area (Å²) in [5, 5.41) is 9.40. The summed E-state index contributed by atoms with van der Waals surface area (Å²) in [5.41, 5.74) is -3.02. The third-order valence-electron chi connectivity index (χ3n) is 2.77. The number of aryl methyl sites for hydroxylation is 1. The summed E-state index contributed by atoms with van der Waals surface area (Å²) in [6, 6.07) is 8.62. The summed E-state index contributed by atoms with van der Waals surface area (Å²) >= 11 is 0. The largest absolute Gasteiger partial charge is 0.428 e. The number of aliphatic hydroxyl groups excluding tert-OH is 1. The molecule has 0 aliphatic heterocycles. The van der Waals surface area contributed by atoms with E-state index in [1.165, 1.54) is 0 Å². The fraction of sp³-hybridized carbons (Fsp3) is 0.385. The maximum atomic E-state index is 13.6. The van der Waals surface area contributed by atoms with Gasteiger partial charge in [-0.15, -0.1) is 0 Å². The van der Waals surface area contributed by atoms with Gasteiger partial charge >= 0.3 is 6.18 Å². The normalized spacial score (nSPS) is 16.9. The van der Waals surface area contributed by atoms with Crippen LogP contribution >= 0.6 is 0 Å². The molecule has 0 spiro atoms. The van der Waals surface area contributed by atoms with Crippen LogP contribution in [0.1, 0.15) is 12.0 Å². The first kappa shape index (κ1) is 14.7. The molecule has 0 aliphatic carbocycles. The van der Waals surface area contributed by atoms with E-state index in [1.54, 1.807) is 30.3 Å². The smallest absolute Gasteiger partial charge is 0.389 e. The van der Waals surface area contributed by atoms with E-state index in [0.717, 1.165) is 5.56 Å². The predicted octanol–water partition coefficient (Wildman–Crippen LogP) is 3.44. The van der Waals surface area contributed by atoms with E-state index in [0.29, 0.717) is 0 Å². The predicted molar refractivity (Wildman–Crippen MR) is 60.9 cm³/mol. The summed E-state index contributed by atoms with van der Waals surface area (Å²) in [6.07, 6.45) is -7.37. The lowest BCUT2D eigenvalue weighted by molar-refractivity contribution is -0.240. The lowest BCUT2D eigenvalue weighted by atomic mass is 9.93. The highest BCUT2D eigenvalue weighted by atomic mass is 19.4. The van der Waals surface area contributed by atoms with Crippen LogP contribution < -0.4 is 0 Å². The number of hydrogen-bond acceptors (Lipinski definition) is 1. The van der Waals surface area contributed by atoms with Crippen LogP contribution in [-0.4, -0.2) is 23.1 Å². The SMILES string of the molecule is C=C[C@@](F)([C@@H](O)CCc1ccccc1)C(F)(F)F. The fourth-order valence-electron chi connectivity index (χ4n) is 1.60. The first-order valence-electron chi connectivity index (χ1n) is 5.42. The molecular formula is C13H14F4O. The summed E-state index contributed by atoms with van der Waals surface area (Å²) in [4.78, 5) is 0. The Labute approximate surface area is 103 Å². The molecule has 2 atom stereocenters. The van der Waals surface area contributed by atoms with Crippen LogP contribution in [0.4, 0.5) is 17.6 Å². The lowest BCUT2D eigenvalue weighted by Gasteiger charge is -2.29. The van der Waals surface area contributed by atoms with Crippen LogP contribution in [0.25, 0.3) is 0 Å². The number of aliphatic hydroxyl groups is 1. The van der Waals surface area contributed by atoms with Crippen LogP contribution in [0.2, 0.25) is 0 Å². The van der Waals surface area contributed by atoms with Gasteiger partial charge in [-0.1, -0.05) is 36.9 Å². The fourth-order valence-corrected chi connectivity index (χ4v) is 1.60. The van der Waals surface area contributed by atoms with Gasteiger partial charge in [-0.2, -0.15) is 13.2 Å². The van der Waals surface area contributed by atoms with Crippen molar-refractivity contribution in [3.8, 4) is 0 Å². The summed E-state index contributed by atoms with van der Waals surface area (Å²) in [7, 11) is 0. The van der Waals surface area contributed by atoms with E-state index >= 15 is 0 Å². The zero-order valence-electron chi connectivity index (χ0n) is 9.62. The van der Waals surface area contributed by atoms with Crippen LogP contribution in [0.5, 0.6) is 0 Å². The number of halogens is 4. The molecule has 0 fully saturated rings. The number of hydrogen-bond donors (Lipinski definition) is 1. The molecule has 0 saturated heterocycles. The van der Waals surface area contributed by atoms with Crippen LogP contribution in [0, 0.1) is 0 Å². The van der Waals surface area contributed by atoms with Crippen molar-refractivity contribution in [3.63, 3.8) is 0 Å². The van der Waals surface area contributed by atoms with Gasteiger partial charge in [-0.3, -0.25) is 0 Å². The molecule has 1 aromatic rings. The second-order valence-electron chi connectivity index (χ2n) is 4.01.